The molecule has 2 aromatic rings. The number of piperidine rings is 1. The van der Waals surface area contributed by atoms with E-state index in [1.165, 1.54) is 12.3 Å². The maximum Gasteiger partial charge on any atom is 0.252 e. The number of H-pyrrole nitrogens is 1. The number of fused-ring (bicyclic) bond motifs is 1. The molecule has 1 aliphatic heterocycles. The fourth-order valence-electron chi connectivity index (χ4n) is 3.19. The van der Waals surface area contributed by atoms with Crippen LogP contribution in [0.3, 0.4) is 0 Å². The van der Waals surface area contributed by atoms with Crippen LogP contribution in [-0.2, 0) is 4.79 Å². The molecule has 7 nitrogen and oxygen atoms in total. The third-order valence-corrected chi connectivity index (χ3v) is 4.42. The van der Waals surface area contributed by atoms with Crippen molar-refractivity contribution in [3.8, 4) is 0 Å². The molecule has 7 heteroatoms. The second-order valence-corrected chi connectivity index (χ2v) is 6.03. The molecule has 0 bridgehead atoms. The number of nitrogens with one attached hydrogen (secondary N) is 2. The number of hydrogen-bond acceptors (Lipinski definition) is 4. The van der Waals surface area contributed by atoms with Crippen LogP contribution in [-0.4, -0.2) is 46.3 Å². The second-order valence-electron chi connectivity index (χ2n) is 6.03. The van der Waals surface area contributed by atoms with Crippen LogP contribution >= 0.6 is 0 Å². The van der Waals surface area contributed by atoms with Gasteiger partial charge in [-0.2, -0.15) is 0 Å². The van der Waals surface area contributed by atoms with Crippen LogP contribution in [0.4, 0.5) is 5.69 Å². The molecule has 1 atom stereocenters. The highest BCUT2D eigenvalue weighted by atomic mass is 16.2. The Balaban J connectivity index is 1.76. The first-order chi connectivity index (χ1) is 11.6. The molecule has 0 radical (unpaired) electrons. The van der Waals surface area contributed by atoms with Crippen molar-refractivity contribution in [1.29, 1.82) is 0 Å². The van der Waals surface area contributed by atoms with Gasteiger partial charge in [-0.3, -0.25) is 9.59 Å². The predicted molar refractivity (Wildman–Crippen MR) is 92.6 cm³/mol. The third kappa shape index (κ3) is 3.10. The van der Waals surface area contributed by atoms with Gasteiger partial charge in [0, 0.05) is 37.4 Å². The monoisotopic (exact) mass is 327 g/mol. The zero-order valence-electron chi connectivity index (χ0n) is 13.4. The Morgan fingerprint density at radius 2 is 2.38 bits per heavy atom. The van der Waals surface area contributed by atoms with Crippen LogP contribution in [0.15, 0.2) is 31.1 Å². The first-order valence-electron chi connectivity index (χ1n) is 8.01. The smallest absolute Gasteiger partial charge is 0.252 e. The van der Waals surface area contributed by atoms with Gasteiger partial charge >= 0.3 is 0 Å². The summed E-state index contributed by atoms with van der Waals surface area (Å²) < 4.78 is 0. The lowest BCUT2D eigenvalue weighted by atomic mass is 9.97. The number of carbonyl (C=O) groups excluding carboxylic acids is 2. The van der Waals surface area contributed by atoms with E-state index in [0.29, 0.717) is 35.9 Å². The first kappa shape index (κ1) is 16.0. The zero-order valence-corrected chi connectivity index (χ0v) is 13.4. The van der Waals surface area contributed by atoms with Crippen molar-refractivity contribution in [2.75, 3.05) is 25.0 Å². The summed E-state index contributed by atoms with van der Waals surface area (Å²) in [6.07, 6.45) is 6.61. The molecule has 1 aliphatic rings. The number of primary amides is 1. The number of amides is 2. The van der Waals surface area contributed by atoms with Crippen molar-refractivity contribution >= 4 is 28.5 Å². The average Bonchev–Trinajstić information content (AvgIpc) is 3.07. The Morgan fingerprint density at radius 1 is 1.54 bits per heavy atom. The molecular weight excluding hydrogens is 306 g/mol. The first-order valence-corrected chi connectivity index (χ1v) is 8.01. The number of rotatable bonds is 5. The van der Waals surface area contributed by atoms with Crippen molar-refractivity contribution in [1.82, 2.24) is 14.9 Å². The lowest BCUT2D eigenvalue weighted by Gasteiger charge is -2.32. The highest BCUT2D eigenvalue weighted by Crippen LogP contribution is 2.26. The van der Waals surface area contributed by atoms with Crippen molar-refractivity contribution in [2.45, 2.75) is 12.8 Å². The molecule has 3 heterocycles. The van der Waals surface area contributed by atoms with Gasteiger partial charge in [-0.15, -0.1) is 0 Å². The van der Waals surface area contributed by atoms with Gasteiger partial charge in [-0.1, -0.05) is 6.58 Å². The Kier molecular flexibility index (Phi) is 4.50. The summed E-state index contributed by atoms with van der Waals surface area (Å²) >= 11 is 0. The van der Waals surface area contributed by atoms with Crippen LogP contribution in [0.5, 0.6) is 0 Å². The van der Waals surface area contributed by atoms with Crippen molar-refractivity contribution < 1.29 is 9.59 Å². The Hall–Kier alpha value is -2.83. The van der Waals surface area contributed by atoms with E-state index in [1.54, 1.807) is 6.20 Å². The minimum absolute atomic E-state index is 0.0329. The lowest BCUT2D eigenvalue weighted by molar-refractivity contribution is -0.127. The average molecular weight is 327 g/mol. The summed E-state index contributed by atoms with van der Waals surface area (Å²) in [5.74, 6) is -0.236. The number of hydrogen-bond donors (Lipinski definition) is 3. The molecular formula is C17H21N5O2. The van der Waals surface area contributed by atoms with Gasteiger partial charge in [-0.25, -0.2) is 4.98 Å². The molecule has 0 spiro atoms. The summed E-state index contributed by atoms with van der Waals surface area (Å²) in [5, 5.41) is 4.18. The van der Waals surface area contributed by atoms with Crippen LogP contribution in [0.1, 0.15) is 23.2 Å². The van der Waals surface area contributed by atoms with E-state index in [-0.39, 0.29) is 5.91 Å². The van der Waals surface area contributed by atoms with Gasteiger partial charge in [-0.05, 0) is 30.9 Å². The van der Waals surface area contributed by atoms with Gasteiger partial charge in [0.25, 0.3) is 5.91 Å². The van der Waals surface area contributed by atoms with E-state index in [4.69, 9.17) is 5.73 Å². The topological polar surface area (TPSA) is 104 Å². The standard InChI is InChI=1S/C17H21N5O2/c1-2-14(23)22-7-3-4-11(10-22)8-20-15-12-5-6-19-17(12)21-9-13(15)16(18)24/h2,5-6,9,11H,1,3-4,7-8,10H2,(H2,18,24)(H2,19,20,21). The van der Waals surface area contributed by atoms with E-state index < -0.39 is 5.91 Å². The third-order valence-electron chi connectivity index (χ3n) is 4.42. The molecule has 1 unspecified atom stereocenters. The molecule has 0 aromatic carbocycles. The van der Waals surface area contributed by atoms with Gasteiger partial charge in [0.2, 0.25) is 5.91 Å². The minimum atomic E-state index is -0.514. The number of aromatic nitrogens is 2. The highest BCUT2D eigenvalue weighted by molar-refractivity contribution is 6.05. The summed E-state index contributed by atoms with van der Waals surface area (Å²) in [7, 11) is 0. The molecule has 126 valence electrons. The van der Waals surface area contributed by atoms with E-state index >= 15 is 0 Å². The maximum absolute atomic E-state index is 11.8. The number of likely N-dealkylation sites (tertiary alicyclic amines) is 1. The Morgan fingerprint density at radius 3 is 3.12 bits per heavy atom. The molecule has 2 amide bonds. The molecule has 3 rings (SSSR count). The predicted octanol–water partition coefficient (Wildman–Crippen LogP) is 1.50. The molecule has 24 heavy (non-hydrogen) atoms. The quantitative estimate of drug-likeness (QED) is 0.724. The van der Waals surface area contributed by atoms with Crippen LogP contribution in [0.2, 0.25) is 0 Å². The summed E-state index contributed by atoms with van der Waals surface area (Å²) in [5.41, 5.74) is 7.24. The van der Waals surface area contributed by atoms with Crippen molar-refractivity contribution in [3.05, 3.63) is 36.7 Å². The number of pyridine rings is 1. The van der Waals surface area contributed by atoms with Crippen LogP contribution < -0.4 is 11.1 Å². The van der Waals surface area contributed by atoms with Gasteiger partial charge < -0.3 is 20.9 Å². The normalized spacial score (nSPS) is 17.7. The number of nitrogens with two attached hydrogens (primary N) is 1. The number of nitrogens with zero attached hydrogens (tertiary/aromatic N) is 2. The zero-order chi connectivity index (χ0) is 17.1. The molecule has 1 saturated heterocycles. The van der Waals surface area contributed by atoms with E-state index in [0.717, 1.165) is 24.8 Å². The Bertz CT molecular complexity index is 782. The van der Waals surface area contributed by atoms with Gasteiger partial charge in [0.15, 0.2) is 0 Å². The lowest BCUT2D eigenvalue weighted by Crippen LogP contribution is -2.41. The maximum atomic E-state index is 11.8. The van der Waals surface area contributed by atoms with Crippen LogP contribution in [0, 0.1) is 5.92 Å². The second kappa shape index (κ2) is 6.74. The largest absolute Gasteiger partial charge is 0.383 e. The molecule has 0 saturated carbocycles. The fraction of sp³-hybridized carbons (Fsp3) is 0.353. The van der Waals surface area contributed by atoms with Crippen molar-refractivity contribution in [2.24, 2.45) is 11.7 Å². The van der Waals surface area contributed by atoms with Crippen LogP contribution in [0.25, 0.3) is 11.0 Å². The van der Waals surface area contributed by atoms with E-state index in [9.17, 15) is 9.59 Å². The number of carbonyl (C=O) groups is 2. The highest BCUT2D eigenvalue weighted by Gasteiger charge is 2.23. The Labute approximate surface area is 139 Å². The number of aromatic amines is 1. The van der Waals surface area contributed by atoms with Crippen molar-refractivity contribution in [3.63, 3.8) is 0 Å². The van der Waals surface area contributed by atoms with E-state index in [2.05, 4.69) is 21.9 Å². The molecule has 4 N–H and O–H groups in total. The van der Waals surface area contributed by atoms with E-state index in [1.807, 2.05) is 11.0 Å². The summed E-state index contributed by atoms with van der Waals surface area (Å²) in [6.45, 7) is 5.66. The number of anilines is 1. The molecule has 1 fully saturated rings. The minimum Gasteiger partial charge on any atom is -0.383 e. The summed E-state index contributed by atoms with van der Waals surface area (Å²) in [6, 6.07) is 1.87. The molecule has 2 aromatic heterocycles. The van der Waals surface area contributed by atoms with Gasteiger partial charge in [0.05, 0.1) is 11.3 Å². The SMILES string of the molecule is C=CC(=O)N1CCCC(CNc2c(C(N)=O)cnc3[nH]ccc23)C1. The summed E-state index contributed by atoms with van der Waals surface area (Å²) in [4.78, 5) is 32.5. The molecule has 0 aliphatic carbocycles. The van der Waals surface area contributed by atoms with Gasteiger partial charge in [0.1, 0.15) is 5.65 Å². The fourth-order valence-corrected chi connectivity index (χ4v) is 3.19.